The summed E-state index contributed by atoms with van der Waals surface area (Å²) in [6.07, 6.45) is 1.86. The van der Waals surface area contributed by atoms with Crippen LogP contribution in [0.2, 0.25) is 0 Å². The van der Waals surface area contributed by atoms with Gasteiger partial charge in [-0.25, -0.2) is 0 Å². The summed E-state index contributed by atoms with van der Waals surface area (Å²) < 4.78 is 13.4. The van der Waals surface area contributed by atoms with Crippen molar-refractivity contribution in [3.05, 3.63) is 198 Å². The molecule has 0 amide bonds. The van der Waals surface area contributed by atoms with Crippen molar-refractivity contribution < 1.29 is 9.47 Å². The molecule has 10 rings (SSSR count). The van der Waals surface area contributed by atoms with Crippen molar-refractivity contribution >= 4 is 10.9 Å². The maximum Gasteiger partial charge on any atom is 0.170 e. The van der Waals surface area contributed by atoms with Crippen molar-refractivity contribution in [3.8, 4) is 56.4 Å². The van der Waals surface area contributed by atoms with E-state index in [-0.39, 0.29) is 0 Å². The van der Waals surface area contributed by atoms with Crippen LogP contribution in [0.25, 0.3) is 44.3 Å². The summed E-state index contributed by atoms with van der Waals surface area (Å²) in [6.45, 7) is 0. The number of hydrogen-bond donors (Lipinski definition) is 0. The predicted molar refractivity (Wildman–Crippen MR) is 197 cm³/mol. The minimum absolute atomic E-state index is 0.503. The molecule has 3 nitrogen and oxygen atoms in total. The molecule has 8 aromatic rings. The topological polar surface area (TPSA) is 31.4 Å². The van der Waals surface area contributed by atoms with Crippen molar-refractivity contribution in [2.45, 2.75) is 5.41 Å². The number of rotatable bonds is 4. The molecule has 3 heteroatoms. The summed E-state index contributed by atoms with van der Waals surface area (Å²) in [5, 5.41) is 1.12. The Labute approximate surface area is 284 Å². The van der Waals surface area contributed by atoms with E-state index in [2.05, 4.69) is 158 Å². The normalized spacial score (nSPS) is 13.4. The molecule has 0 atom stereocenters. The Kier molecular flexibility index (Phi) is 6.09. The van der Waals surface area contributed by atoms with Gasteiger partial charge in [-0.3, -0.25) is 4.98 Å². The molecular formula is C46H29NO2. The summed E-state index contributed by atoms with van der Waals surface area (Å²) in [6, 6.07) is 59.9. The molecule has 1 aliphatic heterocycles. The minimum Gasteiger partial charge on any atom is -0.450 e. The fourth-order valence-electron chi connectivity index (χ4n) is 7.98. The molecule has 1 aliphatic carbocycles. The van der Waals surface area contributed by atoms with Gasteiger partial charge < -0.3 is 9.47 Å². The number of aromatic nitrogens is 1. The molecule has 0 spiro atoms. The van der Waals surface area contributed by atoms with Crippen LogP contribution in [-0.2, 0) is 5.41 Å². The van der Waals surface area contributed by atoms with E-state index >= 15 is 0 Å². The molecule has 7 aromatic carbocycles. The van der Waals surface area contributed by atoms with Gasteiger partial charge in [-0.2, -0.15) is 0 Å². The molecule has 0 bridgehead atoms. The smallest absolute Gasteiger partial charge is 0.170 e. The van der Waals surface area contributed by atoms with Gasteiger partial charge in [-0.1, -0.05) is 140 Å². The average molecular weight is 628 g/mol. The zero-order chi connectivity index (χ0) is 32.4. The zero-order valence-electron chi connectivity index (χ0n) is 26.5. The molecule has 230 valence electrons. The van der Waals surface area contributed by atoms with Gasteiger partial charge in [-0.05, 0) is 80.4 Å². The van der Waals surface area contributed by atoms with E-state index in [0.717, 1.165) is 38.7 Å². The Morgan fingerprint density at radius 3 is 1.80 bits per heavy atom. The number of fused-ring (bicyclic) bond motifs is 6. The van der Waals surface area contributed by atoms with E-state index in [1.807, 2.05) is 18.3 Å². The van der Waals surface area contributed by atoms with Crippen LogP contribution in [0.15, 0.2) is 176 Å². The van der Waals surface area contributed by atoms with Crippen LogP contribution < -0.4 is 9.47 Å². The molecular weight excluding hydrogens is 599 g/mol. The summed E-state index contributed by atoms with van der Waals surface area (Å²) in [5.74, 6) is 2.81. The highest BCUT2D eigenvalue weighted by Crippen LogP contribution is 2.59. The number of pyridine rings is 1. The number of para-hydroxylation sites is 1. The van der Waals surface area contributed by atoms with E-state index in [1.54, 1.807) is 0 Å². The monoisotopic (exact) mass is 627 g/mol. The Balaban J connectivity index is 1.11. The maximum atomic E-state index is 6.74. The summed E-state index contributed by atoms with van der Waals surface area (Å²) >= 11 is 0. The summed E-state index contributed by atoms with van der Waals surface area (Å²) in [5.41, 5.74) is 12.1. The number of benzene rings is 7. The maximum absolute atomic E-state index is 6.74. The molecule has 0 unspecified atom stereocenters. The first kappa shape index (κ1) is 27.6. The third-order valence-corrected chi connectivity index (χ3v) is 10.1. The quantitative estimate of drug-likeness (QED) is 0.195. The van der Waals surface area contributed by atoms with E-state index in [1.165, 1.54) is 27.8 Å². The van der Waals surface area contributed by atoms with Crippen LogP contribution in [-0.4, -0.2) is 4.98 Å². The van der Waals surface area contributed by atoms with Gasteiger partial charge in [0, 0.05) is 17.1 Å². The average Bonchev–Trinajstić information content (AvgIpc) is 3.46. The first-order chi connectivity index (χ1) is 24.3. The largest absolute Gasteiger partial charge is 0.450 e. The number of hydrogen-bond acceptors (Lipinski definition) is 3. The molecule has 49 heavy (non-hydrogen) atoms. The second-order valence-corrected chi connectivity index (χ2v) is 12.7. The Hall–Kier alpha value is -6.45. The van der Waals surface area contributed by atoms with E-state index < -0.39 is 5.41 Å². The van der Waals surface area contributed by atoms with Crippen LogP contribution in [0.4, 0.5) is 0 Å². The van der Waals surface area contributed by atoms with Crippen LogP contribution in [0.1, 0.15) is 22.3 Å². The minimum atomic E-state index is -0.503. The third-order valence-electron chi connectivity index (χ3n) is 10.1. The molecule has 0 saturated carbocycles. The van der Waals surface area contributed by atoms with Crippen molar-refractivity contribution in [2.24, 2.45) is 0 Å². The SMILES string of the molecule is c1ccc(C2(c3ccccc3)c3ccccc3-c3cc4c(cc32)Oc2ccc(-c3ccccc3-c3cccc5cccnc35)cc2O4)cc1. The Morgan fingerprint density at radius 2 is 1.00 bits per heavy atom. The summed E-state index contributed by atoms with van der Waals surface area (Å²) in [7, 11) is 0. The van der Waals surface area contributed by atoms with Crippen LogP contribution in [0.5, 0.6) is 23.0 Å². The van der Waals surface area contributed by atoms with E-state index in [9.17, 15) is 0 Å². The fourth-order valence-corrected chi connectivity index (χ4v) is 7.98. The first-order valence-electron chi connectivity index (χ1n) is 16.6. The van der Waals surface area contributed by atoms with Gasteiger partial charge >= 0.3 is 0 Å². The highest BCUT2D eigenvalue weighted by molar-refractivity contribution is 5.98. The highest BCUT2D eigenvalue weighted by Gasteiger charge is 2.47. The molecule has 0 radical (unpaired) electrons. The third kappa shape index (κ3) is 4.12. The van der Waals surface area contributed by atoms with Crippen LogP contribution in [0.3, 0.4) is 0 Å². The highest BCUT2D eigenvalue weighted by atomic mass is 16.6. The number of nitrogens with zero attached hydrogens (tertiary/aromatic N) is 1. The van der Waals surface area contributed by atoms with Crippen molar-refractivity contribution in [1.82, 2.24) is 4.98 Å². The number of ether oxygens (including phenoxy) is 2. The van der Waals surface area contributed by atoms with Gasteiger partial charge in [0.05, 0.1) is 10.9 Å². The van der Waals surface area contributed by atoms with Crippen LogP contribution in [0, 0.1) is 0 Å². The van der Waals surface area contributed by atoms with Gasteiger partial charge in [0.2, 0.25) is 0 Å². The van der Waals surface area contributed by atoms with Crippen LogP contribution >= 0.6 is 0 Å². The Bertz CT molecular complexity index is 2510. The molecule has 0 saturated heterocycles. The molecule has 2 aliphatic rings. The van der Waals surface area contributed by atoms with Gasteiger partial charge in [0.1, 0.15) is 0 Å². The van der Waals surface area contributed by atoms with E-state index in [0.29, 0.717) is 23.0 Å². The van der Waals surface area contributed by atoms with Crippen molar-refractivity contribution in [2.75, 3.05) is 0 Å². The Morgan fingerprint density at radius 1 is 0.388 bits per heavy atom. The second-order valence-electron chi connectivity index (χ2n) is 12.7. The molecule has 0 N–H and O–H groups in total. The standard InChI is InChI=1S/C46H29NO2/c1-3-15-32(16-4-1)46(33-17-5-2-6-18-33)39-23-10-9-21-36(39)38-28-43-44(29-40(38)46)48-41-25-24-31(27-42(41)49-43)34-19-7-8-20-35(34)37-22-11-13-30-14-12-26-47-45(30)37/h1-29H. The second kappa shape index (κ2) is 10.8. The predicted octanol–water partition coefficient (Wildman–Crippen LogP) is 11.8. The zero-order valence-corrected chi connectivity index (χ0v) is 26.5. The first-order valence-corrected chi connectivity index (χ1v) is 16.6. The van der Waals surface area contributed by atoms with Gasteiger partial charge in [0.15, 0.2) is 23.0 Å². The lowest BCUT2D eigenvalue weighted by atomic mass is 9.67. The van der Waals surface area contributed by atoms with Gasteiger partial charge in [-0.15, -0.1) is 0 Å². The fraction of sp³-hybridized carbons (Fsp3) is 0.0217. The lowest BCUT2D eigenvalue weighted by Crippen LogP contribution is -2.28. The molecule has 2 heterocycles. The molecule has 0 fully saturated rings. The van der Waals surface area contributed by atoms with Crippen molar-refractivity contribution in [1.29, 1.82) is 0 Å². The molecule has 1 aromatic heterocycles. The lowest BCUT2D eigenvalue weighted by Gasteiger charge is -2.34. The van der Waals surface area contributed by atoms with E-state index in [4.69, 9.17) is 14.5 Å². The summed E-state index contributed by atoms with van der Waals surface area (Å²) in [4.78, 5) is 4.74. The van der Waals surface area contributed by atoms with Gasteiger partial charge in [0.25, 0.3) is 0 Å². The van der Waals surface area contributed by atoms with Crippen molar-refractivity contribution in [3.63, 3.8) is 0 Å². The lowest BCUT2D eigenvalue weighted by molar-refractivity contribution is 0.359.